The molecule has 0 saturated carbocycles. The van der Waals surface area contributed by atoms with Crippen LogP contribution in [-0.4, -0.2) is 61.8 Å². The molecule has 2 amide bonds. The number of benzene rings is 1. The Bertz CT molecular complexity index is 929. The second kappa shape index (κ2) is 9.80. The number of nitrogens with zero attached hydrogens (tertiary/aromatic N) is 2. The number of amides is 2. The standard InChI is InChI=1S/C28H41N3O3/c1-18(2)26(19-10-11-24(33-3)25(16-19)34-4)29-28(32)31-13-7-8-20-14-21-15-22(27(20)31)17-30-12-6-5-9-23(21)30/h10-11,14,16,18,21-23,26-27H,5-9,12-13,15,17H2,1-4H3,(H,29,32)/t21?,22-,23?,26?,27?/m0/s1. The van der Waals surface area contributed by atoms with E-state index in [-0.39, 0.29) is 24.0 Å². The van der Waals surface area contributed by atoms with Crippen LogP contribution >= 0.6 is 0 Å². The number of piperidine rings is 3. The number of hydrogen-bond donors (Lipinski definition) is 1. The molecule has 186 valence electrons. The molecule has 5 atom stereocenters. The summed E-state index contributed by atoms with van der Waals surface area (Å²) in [5.74, 6) is 2.89. The molecule has 0 spiro atoms. The fraction of sp³-hybridized carbons (Fsp3) is 0.679. The first kappa shape index (κ1) is 23.5. The van der Waals surface area contributed by atoms with Crippen LogP contribution in [0.15, 0.2) is 29.8 Å². The second-order valence-corrected chi connectivity index (χ2v) is 11.0. The van der Waals surface area contributed by atoms with E-state index in [0.717, 1.165) is 37.5 Å². The Morgan fingerprint density at radius 2 is 1.91 bits per heavy atom. The average Bonchev–Trinajstić information content (AvgIpc) is 2.86. The van der Waals surface area contributed by atoms with Gasteiger partial charge in [0.05, 0.1) is 26.3 Å². The van der Waals surface area contributed by atoms with Crippen molar-refractivity contribution in [1.82, 2.24) is 15.1 Å². The Kier molecular flexibility index (Phi) is 6.79. The molecule has 34 heavy (non-hydrogen) atoms. The number of likely N-dealkylation sites (tertiary alicyclic amines) is 1. The Labute approximate surface area is 204 Å². The fourth-order valence-electron chi connectivity index (χ4n) is 7.10. The molecule has 4 unspecified atom stereocenters. The van der Waals surface area contributed by atoms with Gasteiger partial charge in [-0.3, -0.25) is 4.90 Å². The molecule has 1 aromatic carbocycles. The molecule has 6 nitrogen and oxygen atoms in total. The zero-order valence-corrected chi connectivity index (χ0v) is 21.3. The lowest BCUT2D eigenvalue weighted by molar-refractivity contribution is 0.00753. The van der Waals surface area contributed by atoms with Gasteiger partial charge in [0.25, 0.3) is 0 Å². The van der Waals surface area contributed by atoms with Crippen LogP contribution < -0.4 is 14.8 Å². The number of methoxy groups -OCH3 is 2. The smallest absolute Gasteiger partial charge is 0.318 e. The Morgan fingerprint density at radius 1 is 1.09 bits per heavy atom. The molecular weight excluding hydrogens is 426 g/mol. The van der Waals surface area contributed by atoms with Gasteiger partial charge in [0.2, 0.25) is 0 Å². The highest BCUT2D eigenvalue weighted by atomic mass is 16.5. The number of hydrogen-bond acceptors (Lipinski definition) is 4. The first-order chi connectivity index (χ1) is 16.5. The van der Waals surface area contributed by atoms with Crippen molar-refractivity contribution in [2.24, 2.45) is 17.8 Å². The van der Waals surface area contributed by atoms with Gasteiger partial charge < -0.3 is 19.7 Å². The van der Waals surface area contributed by atoms with Gasteiger partial charge in [0.1, 0.15) is 0 Å². The summed E-state index contributed by atoms with van der Waals surface area (Å²) in [6, 6.07) is 6.93. The highest BCUT2D eigenvalue weighted by Gasteiger charge is 2.47. The predicted octanol–water partition coefficient (Wildman–Crippen LogP) is 5.01. The van der Waals surface area contributed by atoms with Crippen molar-refractivity contribution in [2.75, 3.05) is 33.9 Å². The maximum Gasteiger partial charge on any atom is 0.318 e. The summed E-state index contributed by atoms with van der Waals surface area (Å²) in [7, 11) is 3.30. The summed E-state index contributed by atoms with van der Waals surface area (Å²) in [6.45, 7) is 7.54. The molecule has 2 bridgehead atoms. The third-order valence-electron chi connectivity index (χ3n) is 8.63. The van der Waals surface area contributed by atoms with E-state index >= 15 is 0 Å². The Balaban J connectivity index is 1.37. The van der Waals surface area contributed by atoms with Gasteiger partial charge in [-0.25, -0.2) is 4.79 Å². The quantitative estimate of drug-likeness (QED) is 0.619. The minimum Gasteiger partial charge on any atom is -0.493 e. The minimum absolute atomic E-state index is 0.0725. The van der Waals surface area contributed by atoms with E-state index < -0.39 is 0 Å². The average molecular weight is 468 g/mol. The van der Waals surface area contributed by atoms with Crippen molar-refractivity contribution in [3.05, 3.63) is 35.4 Å². The number of fused-ring (bicyclic) bond motifs is 6. The molecule has 3 saturated heterocycles. The van der Waals surface area contributed by atoms with Gasteiger partial charge in [0, 0.05) is 19.1 Å². The van der Waals surface area contributed by atoms with Crippen LogP contribution in [0.3, 0.4) is 0 Å². The number of nitrogens with one attached hydrogen (secondary N) is 1. The summed E-state index contributed by atoms with van der Waals surface area (Å²) in [5.41, 5.74) is 2.58. The van der Waals surface area contributed by atoms with Gasteiger partial charge in [-0.05, 0) is 74.1 Å². The van der Waals surface area contributed by atoms with Gasteiger partial charge in [-0.1, -0.05) is 38.0 Å². The lowest BCUT2D eigenvalue weighted by Crippen LogP contribution is -2.61. The van der Waals surface area contributed by atoms with Crippen molar-refractivity contribution in [3.8, 4) is 11.5 Å². The van der Waals surface area contributed by atoms with E-state index in [0.29, 0.717) is 23.3 Å². The Morgan fingerprint density at radius 3 is 2.68 bits per heavy atom. The van der Waals surface area contributed by atoms with Crippen molar-refractivity contribution < 1.29 is 14.3 Å². The molecule has 5 rings (SSSR count). The van der Waals surface area contributed by atoms with Crippen LogP contribution in [-0.2, 0) is 0 Å². The maximum atomic E-state index is 13.8. The number of ether oxygens (including phenoxy) is 2. The summed E-state index contributed by atoms with van der Waals surface area (Å²) in [5, 5.41) is 3.40. The normalized spacial score (nSPS) is 29.6. The lowest BCUT2D eigenvalue weighted by Gasteiger charge is -2.54. The first-order valence-corrected chi connectivity index (χ1v) is 13.2. The molecule has 4 aliphatic rings. The van der Waals surface area contributed by atoms with Crippen LogP contribution in [0.2, 0.25) is 0 Å². The van der Waals surface area contributed by atoms with Gasteiger partial charge in [-0.2, -0.15) is 0 Å². The number of rotatable bonds is 5. The highest BCUT2D eigenvalue weighted by Crippen LogP contribution is 2.45. The molecule has 0 aromatic heterocycles. The van der Waals surface area contributed by atoms with Gasteiger partial charge >= 0.3 is 6.03 Å². The summed E-state index contributed by atoms with van der Waals surface area (Å²) >= 11 is 0. The zero-order valence-electron chi connectivity index (χ0n) is 21.3. The zero-order chi connectivity index (χ0) is 23.8. The molecule has 1 aromatic rings. The lowest BCUT2D eigenvalue weighted by atomic mass is 9.68. The highest BCUT2D eigenvalue weighted by molar-refractivity contribution is 5.76. The van der Waals surface area contributed by atoms with Gasteiger partial charge in [-0.15, -0.1) is 0 Å². The van der Waals surface area contributed by atoms with Crippen LogP contribution in [0.5, 0.6) is 11.5 Å². The van der Waals surface area contributed by atoms with Gasteiger partial charge in [0.15, 0.2) is 11.5 Å². The molecule has 6 heteroatoms. The van der Waals surface area contributed by atoms with Crippen LogP contribution in [0.1, 0.15) is 64.0 Å². The topological polar surface area (TPSA) is 54.0 Å². The molecule has 1 aliphatic carbocycles. The van der Waals surface area contributed by atoms with E-state index in [2.05, 4.69) is 35.0 Å². The predicted molar refractivity (Wildman–Crippen MR) is 134 cm³/mol. The van der Waals surface area contributed by atoms with E-state index in [4.69, 9.17) is 9.47 Å². The van der Waals surface area contributed by atoms with E-state index in [1.54, 1.807) is 14.2 Å². The molecule has 0 radical (unpaired) electrons. The molecular formula is C28H41N3O3. The largest absolute Gasteiger partial charge is 0.493 e. The van der Waals surface area contributed by atoms with E-state index in [1.807, 2.05) is 18.2 Å². The number of urea groups is 1. The SMILES string of the molecule is COc1ccc(C(NC(=O)N2CCCC3=CC4C[C@@H](CN5CCCCC45)C32)C(C)C)cc1OC. The number of carbonyl (C=O) groups excluding carboxylic acids is 1. The maximum absolute atomic E-state index is 13.8. The van der Waals surface area contributed by atoms with E-state index in [9.17, 15) is 4.79 Å². The minimum atomic E-state index is -0.0872. The second-order valence-electron chi connectivity index (χ2n) is 11.0. The third-order valence-corrected chi connectivity index (χ3v) is 8.63. The first-order valence-electron chi connectivity index (χ1n) is 13.2. The molecule has 3 aliphatic heterocycles. The number of carbonyl (C=O) groups is 1. The fourth-order valence-corrected chi connectivity index (χ4v) is 7.10. The third kappa shape index (κ3) is 4.30. The Hall–Kier alpha value is -2.21. The monoisotopic (exact) mass is 467 g/mol. The molecule has 3 heterocycles. The van der Waals surface area contributed by atoms with Crippen LogP contribution in [0, 0.1) is 17.8 Å². The summed E-state index contributed by atoms with van der Waals surface area (Å²) < 4.78 is 10.9. The van der Waals surface area contributed by atoms with Crippen molar-refractivity contribution in [3.63, 3.8) is 0 Å². The van der Waals surface area contributed by atoms with Crippen molar-refractivity contribution in [2.45, 2.75) is 70.5 Å². The van der Waals surface area contributed by atoms with E-state index in [1.165, 1.54) is 37.8 Å². The molecule has 1 N–H and O–H groups in total. The summed E-state index contributed by atoms with van der Waals surface area (Å²) in [4.78, 5) is 18.7. The molecule has 3 fully saturated rings. The van der Waals surface area contributed by atoms with Crippen LogP contribution in [0.4, 0.5) is 4.79 Å². The summed E-state index contributed by atoms with van der Waals surface area (Å²) in [6.07, 6.45) is 10.1. The van der Waals surface area contributed by atoms with Crippen molar-refractivity contribution >= 4 is 6.03 Å². The van der Waals surface area contributed by atoms with Crippen molar-refractivity contribution in [1.29, 1.82) is 0 Å². The van der Waals surface area contributed by atoms with Crippen LogP contribution in [0.25, 0.3) is 0 Å².